The Balaban J connectivity index is 1.48. The molecule has 0 aliphatic carbocycles. The maximum atomic E-state index is 12.4. The Morgan fingerprint density at radius 1 is 1.32 bits per heavy atom. The molecule has 0 unspecified atom stereocenters. The van der Waals surface area contributed by atoms with Gasteiger partial charge in [-0.05, 0) is 19.1 Å². The molecular formula is C18H19N5O2. The van der Waals surface area contributed by atoms with Crippen LogP contribution in [0.1, 0.15) is 22.7 Å². The molecule has 128 valence electrons. The minimum Gasteiger partial charge on any atom is -0.441 e. The summed E-state index contributed by atoms with van der Waals surface area (Å²) >= 11 is 0. The molecule has 2 aromatic heterocycles. The van der Waals surface area contributed by atoms with Crippen molar-refractivity contribution in [1.82, 2.24) is 20.5 Å². The fourth-order valence-electron chi connectivity index (χ4n) is 2.95. The van der Waals surface area contributed by atoms with Crippen molar-refractivity contribution in [3.8, 4) is 11.5 Å². The Kier molecular flexibility index (Phi) is 4.07. The molecule has 1 amide bonds. The Hall–Kier alpha value is -2.93. The molecule has 1 aromatic carbocycles. The molecule has 0 saturated carbocycles. The number of oxazole rings is 1. The Morgan fingerprint density at radius 3 is 3.00 bits per heavy atom. The lowest BCUT2D eigenvalue weighted by Gasteiger charge is -2.13. The van der Waals surface area contributed by atoms with Crippen LogP contribution in [0, 0.1) is 6.92 Å². The summed E-state index contributed by atoms with van der Waals surface area (Å²) in [5, 5.41) is 13.4. The van der Waals surface area contributed by atoms with E-state index in [0.29, 0.717) is 29.7 Å². The average molecular weight is 337 g/mol. The monoisotopic (exact) mass is 337 g/mol. The van der Waals surface area contributed by atoms with Gasteiger partial charge in [0.05, 0.1) is 12.1 Å². The van der Waals surface area contributed by atoms with E-state index in [-0.39, 0.29) is 12.3 Å². The number of aromatic amines is 1. The zero-order chi connectivity index (χ0) is 17.2. The third-order valence-electron chi connectivity index (χ3n) is 4.31. The lowest BCUT2D eigenvalue weighted by molar-refractivity contribution is -0.115. The first-order chi connectivity index (χ1) is 12.2. The number of H-pyrrole nitrogens is 1. The van der Waals surface area contributed by atoms with Crippen LogP contribution < -0.4 is 10.6 Å². The first-order valence-corrected chi connectivity index (χ1v) is 8.29. The number of aryl methyl sites for hydroxylation is 1. The summed E-state index contributed by atoms with van der Waals surface area (Å²) in [4.78, 5) is 16.9. The number of carbonyl (C=O) groups excluding carboxylic acids is 1. The summed E-state index contributed by atoms with van der Waals surface area (Å²) in [7, 11) is 0. The van der Waals surface area contributed by atoms with Gasteiger partial charge in [0.1, 0.15) is 5.76 Å². The summed E-state index contributed by atoms with van der Waals surface area (Å²) in [6.45, 7) is 3.45. The molecule has 0 radical (unpaired) electrons. The van der Waals surface area contributed by atoms with Crippen molar-refractivity contribution in [2.75, 3.05) is 11.9 Å². The third-order valence-corrected chi connectivity index (χ3v) is 4.31. The molecule has 3 heterocycles. The van der Waals surface area contributed by atoms with E-state index >= 15 is 0 Å². The van der Waals surface area contributed by atoms with Crippen LogP contribution in [0.3, 0.4) is 0 Å². The van der Waals surface area contributed by atoms with Crippen LogP contribution in [-0.4, -0.2) is 27.6 Å². The number of carbonyl (C=O) groups is 1. The first kappa shape index (κ1) is 15.6. The second kappa shape index (κ2) is 6.52. The molecule has 7 heteroatoms. The number of rotatable bonds is 4. The van der Waals surface area contributed by atoms with E-state index in [2.05, 4.69) is 25.8 Å². The minimum atomic E-state index is -0.157. The predicted molar refractivity (Wildman–Crippen MR) is 93.0 cm³/mol. The van der Waals surface area contributed by atoms with E-state index < -0.39 is 0 Å². The van der Waals surface area contributed by atoms with E-state index in [9.17, 15) is 4.79 Å². The van der Waals surface area contributed by atoms with Gasteiger partial charge in [0, 0.05) is 36.3 Å². The van der Waals surface area contributed by atoms with Crippen LogP contribution in [0.15, 0.2) is 34.7 Å². The highest BCUT2D eigenvalue weighted by molar-refractivity contribution is 5.92. The van der Waals surface area contributed by atoms with Gasteiger partial charge in [0.25, 0.3) is 0 Å². The number of nitrogens with zero attached hydrogens (tertiary/aromatic N) is 2. The standard InChI is InChI=1S/C18H19N5O2/c1-11-15(20-18(25-11)12-5-3-2-4-6-12)9-16(24)21-17-13-10-19-8-7-14(13)22-23-17/h2-6,19H,7-10H2,1H3,(H2,21,22,23,24). The minimum absolute atomic E-state index is 0.150. The molecule has 3 N–H and O–H groups in total. The summed E-state index contributed by atoms with van der Waals surface area (Å²) in [6.07, 6.45) is 1.04. The maximum Gasteiger partial charge on any atom is 0.231 e. The van der Waals surface area contributed by atoms with Crippen molar-refractivity contribution in [1.29, 1.82) is 0 Å². The fraction of sp³-hybridized carbons (Fsp3) is 0.278. The van der Waals surface area contributed by atoms with E-state index in [0.717, 1.165) is 29.8 Å². The van der Waals surface area contributed by atoms with Crippen molar-refractivity contribution < 1.29 is 9.21 Å². The summed E-state index contributed by atoms with van der Waals surface area (Å²) < 4.78 is 5.70. The fourth-order valence-corrected chi connectivity index (χ4v) is 2.95. The number of benzene rings is 1. The van der Waals surface area contributed by atoms with Crippen molar-refractivity contribution in [2.24, 2.45) is 0 Å². The van der Waals surface area contributed by atoms with Crippen LogP contribution in [-0.2, 0) is 24.2 Å². The topological polar surface area (TPSA) is 95.8 Å². The van der Waals surface area contributed by atoms with Crippen molar-refractivity contribution in [2.45, 2.75) is 26.3 Å². The normalized spacial score (nSPS) is 13.5. The summed E-state index contributed by atoms with van der Waals surface area (Å²) in [5.74, 6) is 1.62. The zero-order valence-electron chi connectivity index (χ0n) is 13.9. The van der Waals surface area contributed by atoms with Crippen LogP contribution in [0.4, 0.5) is 5.82 Å². The van der Waals surface area contributed by atoms with Gasteiger partial charge in [-0.25, -0.2) is 4.98 Å². The van der Waals surface area contributed by atoms with Gasteiger partial charge in [-0.15, -0.1) is 0 Å². The van der Waals surface area contributed by atoms with Gasteiger partial charge in [-0.1, -0.05) is 18.2 Å². The lowest BCUT2D eigenvalue weighted by Crippen LogP contribution is -2.24. The molecule has 4 rings (SSSR count). The van der Waals surface area contributed by atoms with Gasteiger partial charge < -0.3 is 15.1 Å². The van der Waals surface area contributed by atoms with E-state index in [1.165, 1.54) is 0 Å². The highest BCUT2D eigenvalue weighted by atomic mass is 16.4. The molecule has 0 saturated heterocycles. The van der Waals surface area contributed by atoms with E-state index in [4.69, 9.17) is 4.42 Å². The molecule has 1 aliphatic heterocycles. The van der Waals surface area contributed by atoms with Gasteiger partial charge in [0.15, 0.2) is 5.82 Å². The molecule has 25 heavy (non-hydrogen) atoms. The molecule has 0 fully saturated rings. The highest BCUT2D eigenvalue weighted by Crippen LogP contribution is 2.23. The Labute approximate surface area is 144 Å². The second-order valence-electron chi connectivity index (χ2n) is 6.07. The number of anilines is 1. The van der Waals surface area contributed by atoms with Crippen molar-refractivity contribution in [3.05, 3.63) is 53.0 Å². The molecule has 7 nitrogen and oxygen atoms in total. The highest BCUT2D eigenvalue weighted by Gasteiger charge is 2.20. The smallest absolute Gasteiger partial charge is 0.231 e. The quantitative estimate of drug-likeness (QED) is 0.678. The summed E-state index contributed by atoms with van der Waals surface area (Å²) in [5.41, 5.74) is 3.64. The van der Waals surface area contributed by atoms with Crippen LogP contribution >= 0.6 is 0 Å². The number of aromatic nitrogens is 3. The Bertz CT molecular complexity index is 898. The molecular weight excluding hydrogens is 318 g/mol. The van der Waals surface area contributed by atoms with Crippen LogP contribution in [0.25, 0.3) is 11.5 Å². The predicted octanol–water partition coefficient (Wildman–Crippen LogP) is 2.20. The Morgan fingerprint density at radius 2 is 2.16 bits per heavy atom. The average Bonchev–Trinajstić information content (AvgIpc) is 3.20. The van der Waals surface area contributed by atoms with Crippen molar-refractivity contribution in [3.63, 3.8) is 0 Å². The molecule has 1 aliphatic rings. The van der Waals surface area contributed by atoms with E-state index in [1.807, 2.05) is 37.3 Å². The SMILES string of the molecule is Cc1oc(-c2ccccc2)nc1CC(=O)Nc1n[nH]c2c1CNCC2. The molecule has 0 spiro atoms. The first-order valence-electron chi connectivity index (χ1n) is 8.29. The largest absolute Gasteiger partial charge is 0.441 e. The van der Waals surface area contributed by atoms with Gasteiger partial charge >= 0.3 is 0 Å². The number of hydrogen-bond acceptors (Lipinski definition) is 5. The zero-order valence-corrected chi connectivity index (χ0v) is 13.9. The van der Waals surface area contributed by atoms with Gasteiger partial charge in [-0.3, -0.25) is 9.89 Å². The second-order valence-corrected chi connectivity index (χ2v) is 6.07. The van der Waals surface area contributed by atoms with E-state index in [1.54, 1.807) is 0 Å². The molecule has 3 aromatic rings. The third kappa shape index (κ3) is 3.18. The maximum absolute atomic E-state index is 12.4. The van der Waals surface area contributed by atoms with Crippen molar-refractivity contribution >= 4 is 11.7 Å². The number of fused-ring (bicyclic) bond motifs is 1. The van der Waals surface area contributed by atoms with Crippen LogP contribution in [0.5, 0.6) is 0 Å². The molecule has 0 bridgehead atoms. The number of amides is 1. The molecule has 0 atom stereocenters. The van der Waals surface area contributed by atoms with Gasteiger partial charge in [0.2, 0.25) is 11.8 Å². The number of hydrogen-bond donors (Lipinski definition) is 3. The lowest BCUT2D eigenvalue weighted by atomic mass is 10.1. The van der Waals surface area contributed by atoms with Gasteiger partial charge in [-0.2, -0.15) is 5.10 Å². The summed E-state index contributed by atoms with van der Waals surface area (Å²) in [6, 6.07) is 9.65. The van der Waals surface area contributed by atoms with Crippen LogP contribution in [0.2, 0.25) is 0 Å². The number of nitrogens with one attached hydrogen (secondary N) is 3.